The number of rotatable bonds is 2. The van der Waals surface area contributed by atoms with Gasteiger partial charge >= 0.3 is 6.09 Å². The number of halogens is 1. The summed E-state index contributed by atoms with van der Waals surface area (Å²) in [5, 5.41) is 9.23. The van der Waals surface area contributed by atoms with E-state index in [9.17, 15) is 19.1 Å². The van der Waals surface area contributed by atoms with Crippen LogP contribution in [0.15, 0.2) is 12.1 Å². The number of carbonyl (C=O) groups is 2. The van der Waals surface area contributed by atoms with Crippen molar-refractivity contribution in [2.75, 3.05) is 33.4 Å². The van der Waals surface area contributed by atoms with Crippen LogP contribution in [0.1, 0.15) is 16.9 Å². The molecule has 8 nitrogen and oxygen atoms in total. The lowest BCUT2D eigenvalue weighted by Crippen LogP contribution is -2.56. The van der Waals surface area contributed by atoms with Crippen molar-refractivity contribution in [3.63, 3.8) is 0 Å². The molecule has 2 bridgehead atoms. The molecule has 2 fully saturated rings. The molecule has 0 spiro atoms. The Bertz CT molecular complexity index is 656. The van der Waals surface area contributed by atoms with Crippen LogP contribution in [0, 0.1) is 5.82 Å². The maximum atomic E-state index is 14.1. The van der Waals surface area contributed by atoms with Gasteiger partial charge in [0.2, 0.25) is 5.88 Å². The van der Waals surface area contributed by atoms with Gasteiger partial charge in [-0.3, -0.25) is 4.79 Å². The van der Waals surface area contributed by atoms with E-state index >= 15 is 0 Å². The van der Waals surface area contributed by atoms with Crippen molar-refractivity contribution in [3.05, 3.63) is 23.6 Å². The van der Waals surface area contributed by atoms with Gasteiger partial charge in [-0.15, -0.1) is 0 Å². The number of ether oxygens (including phenoxy) is 2. The molecular weight excluding hydrogens is 321 g/mol. The Hall–Kier alpha value is -2.42. The van der Waals surface area contributed by atoms with Gasteiger partial charge in [0.1, 0.15) is 0 Å². The van der Waals surface area contributed by atoms with E-state index in [0.717, 1.165) is 6.07 Å². The Kier molecular flexibility index (Phi) is 4.52. The van der Waals surface area contributed by atoms with Gasteiger partial charge < -0.3 is 24.4 Å². The number of carbonyl (C=O) groups excluding carboxylic acids is 1. The van der Waals surface area contributed by atoms with Crippen molar-refractivity contribution < 1.29 is 28.6 Å². The first-order chi connectivity index (χ1) is 11.5. The van der Waals surface area contributed by atoms with Crippen LogP contribution in [0.25, 0.3) is 0 Å². The van der Waals surface area contributed by atoms with Gasteiger partial charge in [0.05, 0.1) is 32.4 Å². The van der Waals surface area contributed by atoms with Crippen molar-refractivity contribution >= 4 is 12.0 Å². The number of morpholine rings is 1. The van der Waals surface area contributed by atoms with Crippen LogP contribution in [-0.4, -0.2) is 77.4 Å². The van der Waals surface area contributed by atoms with Crippen LogP contribution in [0.3, 0.4) is 0 Å². The zero-order valence-electron chi connectivity index (χ0n) is 13.1. The Morgan fingerprint density at radius 1 is 1.38 bits per heavy atom. The molecule has 2 aliphatic heterocycles. The first kappa shape index (κ1) is 16.4. The third-order valence-electron chi connectivity index (χ3n) is 4.31. The predicted octanol–water partition coefficient (Wildman–Crippen LogP) is 0.823. The van der Waals surface area contributed by atoms with E-state index in [1.807, 2.05) is 0 Å². The lowest BCUT2D eigenvalue weighted by atomic mass is 10.1. The largest absolute Gasteiger partial charge is 0.481 e. The third-order valence-corrected chi connectivity index (χ3v) is 4.31. The molecule has 9 heteroatoms. The van der Waals surface area contributed by atoms with E-state index in [1.54, 1.807) is 0 Å². The molecule has 24 heavy (non-hydrogen) atoms. The number of nitrogens with zero attached hydrogens (tertiary/aromatic N) is 3. The molecule has 3 rings (SSSR count). The fourth-order valence-electron chi connectivity index (χ4n) is 3.13. The van der Waals surface area contributed by atoms with E-state index in [0.29, 0.717) is 19.6 Å². The van der Waals surface area contributed by atoms with Crippen molar-refractivity contribution in [3.8, 4) is 5.88 Å². The lowest BCUT2D eigenvalue weighted by molar-refractivity contribution is -0.0325. The number of pyridine rings is 1. The van der Waals surface area contributed by atoms with Gasteiger partial charge in [-0.2, -0.15) is 0 Å². The molecule has 0 aliphatic carbocycles. The van der Waals surface area contributed by atoms with E-state index in [-0.39, 0.29) is 30.8 Å². The van der Waals surface area contributed by atoms with Crippen LogP contribution in [-0.2, 0) is 4.74 Å². The number of hydrogen-bond donors (Lipinski definition) is 1. The van der Waals surface area contributed by atoms with Crippen LogP contribution in [0.5, 0.6) is 5.88 Å². The molecule has 1 aromatic rings. The van der Waals surface area contributed by atoms with Gasteiger partial charge in [0.25, 0.3) is 5.91 Å². The predicted molar refractivity (Wildman–Crippen MR) is 79.5 cm³/mol. The van der Waals surface area contributed by atoms with Gasteiger partial charge in [0, 0.05) is 19.2 Å². The summed E-state index contributed by atoms with van der Waals surface area (Å²) in [4.78, 5) is 30.8. The molecule has 0 aromatic carbocycles. The Morgan fingerprint density at radius 3 is 2.83 bits per heavy atom. The van der Waals surface area contributed by atoms with E-state index in [1.165, 1.54) is 23.0 Å². The smallest absolute Gasteiger partial charge is 0.407 e. The molecule has 2 atom stereocenters. The minimum Gasteiger partial charge on any atom is -0.481 e. The highest BCUT2D eigenvalue weighted by molar-refractivity contribution is 5.93. The summed E-state index contributed by atoms with van der Waals surface area (Å²) in [7, 11) is 1.38. The second-order valence-electron chi connectivity index (χ2n) is 5.76. The molecule has 2 aliphatic rings. The first-order valence-corrected chi connectivity index (χ1v) is 7.60. The lowest BCUT2D eigenvalue weighted by Gasteiger charge is -2.40. The van der Waals surface area contributed by atoms with Crippen LogP contribution < -0.4 is 4.74 Å². The topological polar surface area (TPSA) is 92.2 Å². The third kappa shape index (κ3) is 2.99. The first-order valence-electron chi connectivity index (χ1n) is 7.60. The maximum Gasteiger partial charge on any atom is 0.407 e. The van der Waals surface area contributed by atoms with Crippen molar-refractivity contribution in [2.45, 2.75) is 18.5 Å². The molecule has 1 N–H and O–H groups in total. The number of aromatic nitrogens is 1. The van der Waals surface area contributed by atoms with Crippen molar-refractivity contribution in [1.29, 1.82) is 0 Å². The highest BCUT2D eigenvalue weighted by atomic mass is 19.1. The zero-order valence-corrected chi connectivity index (χ0v) is 13.1. The van der Waals surface area contributed by atoms with Gasteiger partial charge in [0.15, 0.2) is 11.5 Å². The fourth-order valence-corrected chi connectivity index (χ4v) is 3.13. The summed E-state index contributed by atoms with van der Waals surface area (Å²) in [5.74, 6) is -1.17. The summed E-state index contributed by atoms with van der Waals surface area (Å²) >= 11 is 0. The highest BCUT2D eigenvalue weighted by Crippen LogP contribution is 2.25. The zero-order chi connectivity index (χ0) is 17.3. The molecule has 3 heterocycles. The molecular formula is C15H18FN3O5. The minimum atomic E-state index is -1.04. The Morgan fingerprint density at radius 2 is 2.12 bits per heavy atom. The normalized spacial score (nSPS) is 23.6. The molecule has 130 valence electrons. The second kappa shape index (κ2) is 6.60. The van der Waals surface area contributed by atoms with E-state index in [2.05, 4.69) is 4.98 Å². The van der Waals surface area contributed by atoms with Gasteiger partial charge in [-0.1, -0.05) is 0 Å². The Labute approximate surface area is 137 Å². The summed E-state index contributed by atoms with van der Waals surface area (Å²) in [6, 6.07) is 1.69. The van der Waals surface area contributed by atoms with Crippen LogP contribution >= 0.6 is 0 Å². The van der Waals surface area contributed by atoms with Crippen LogP contribution in [0.2, 0.25) is 0 Å². The minimum absolute atomic E-state index is 0.128. The number of hydrogen-bond acceptors (Lipinski definition) is 5. The number of methoxy groups -OCH3 is 1. The maximum absolute atomic E-state index is 14.1. The molecule has 0 radical (unpaired) electrons. The van der Waals surface area contributed by atoms with Crippen molar-refractivity contribution in [2.24, 2.45) is 0 Å². The second-order valence-corrected chi connectivity index (χ2v) is 5.76. The SMILES string of the molecule is COc1ccc(F)c(C(=O)N2C3CCN(C(=O)O)CC2COC3)n1. The molecule has 1 aromatic heterocycles. The standard InChI is InChI=1S/C15H18FN3O5/c1-23-12-3-2-11(16)13(17-12)14(20)19-9-4-5-18(15(21)22)6-10(19)8-24-7-9/h2-3,9-10H,4-8H2,1H3,(H,21,22). The van der Waals surface area contributed by atoms with E-state index in [4.69, 9.17) is 9.47 Å². The number of carboxylic acid groups (broad SMARTS) is 1. The molecule has 0 saturated carbocycles. The average molecular weight is 339 g/mol. The monoisotopic (exact) mass is 339 g/mol. The summed E-state index contributed by atoms with van der Waals surface area (Å²) in [6.45, 7) is 0.930. The Balaban J connectivity index is 1.92. The quantitative estimate of drug-likeness (QED) is 0.858. The number of fused-ring (bicyclic) bond motifs is 2. The fraction of sp³-hybridized carbons (Fsp3) is 0.533. The van der Waals surface area contributed by atoms with E-state index < -0.39 is 23.9 Å². The highest BCUT2D eigenvalue weighted by Gasteiger charge is 2.41. The summed E-state index contributed by atoms with van der Waals surface area (Å²) in [5.41, 5.74) is -0.324. The molecule has 2 amide bonds. The van der Waals surface area contributed by atoms with Crippen molar-refractivity contribution in [1.82, 2.24) is 14.8 Å². The molecule has 2 saturated heterocycles. The number of amides is 2. The average Bonchev–Trinajstić information content (AvgIpc) is 2.68. The van der Waals surface area contributed by atoms with Gasteiger partial charge in [-0.05, 0) is 12.5 Å². The van der Waals surface area contributed by atoms with Gasteiger partial charge in [-0.25, -0.2) is 14.2 Å². The molecule has 2 unspecified atom stereocenters. The summed E-state index contributed by atoms with van der Waals surface area (Å²) < 4.78 is 24.5. The van der Waals surface area contributed by atoms with Crippen LogP contribution in [0.4, 0.5) is 9.18 Å². The summed E-state index contributed by atoms with van der Waals surface area (Å²) in [6.07, 6.45) is -0.610.